The Kier molecular flexibility index (Phi) is 2.72. The molecule has 4 aromatic rings. The lowest BCUT2D eigenvalue weighted by Gasteiger charge is -2.01. The summed E-state index contributed by atoms with van der Waals surface area (Å²) in [5.74, 6) is 0.547. The van der Waals surface area contributed by atoms with Crippen molar-refractivity contribution in [1.82, 2.24) is 15.0 Å². The number of aromatic nitrogens is 3. The van der Waals surface area contributed by atoms with Crippen molar-refractivity contribution in [2.75, 3.05) is 7.11 Å². The molecule has 0 aliphatic heterocycles. The fraction of sp³-hybridized carbons (Fsp3) is 0.0588. The van der Waals surface area contributed by atoms with Crippen molar-refractivity contribution < 1.29 is 4.74 Å². The van der Waals surface area contributed by atoms with E-state index in [1.807, 2.05) is 42.5 Å². The smallest absolute Gasteiger partial charge is 0.257 e. The molecule has 3 aromatic heterocycles. The van der Waals surface area contributed by atoms with Gasteiger partial charge in [-0.25, -0.2) is 4.98 Å². The highest BCUT2D eigenvalue weighted by Crippen LogP contribution is 2.24. The summed E-state index contributed by atoms with van der Waals surface area (Å²) in [7, 11) is 1.58. The van der Waals surface area contributed by atoms with Crippen molar-refractivity contribution in [1.29, 1.82) is 0 Å². The van der Waals surface area contributed by atoms with Gasteiger partial charge in [-0.1, -0.05) is 18.2 Å². The number of para-hydroxylation sites is 1. The van der Waals surface area contributed by atoms with Crippen LogP contribution in [0.5, 0.6) is 5.88 Å². The molecule has 4 rings (SSSR count). The highest BCUT2D eigenvalue weighted by Gasteiger charge is 2.10. The first-order chi connectivity index (χ1) is 10.7. The van der Waals surface area contributed by atoms with Crippen molar-refractivity contribution in [3.05, 3.63) is 58.9 Å². The second-order valence-corrected chi connectivity index (χ2v) is 5.07. The highest BCUT2D eigenvalue weighted by molar-refractivity contribution is 5.87. The normalized spacial score (nSPS) is 11.1. The van der Waals surface area contributed by atoms with Crippen molar-refractivity contribution in [2.24, 2.45) is 0 Å². The van der Waals surface area contributed by atoms with E-state index in [1.165, 1.54) is 0 Å². The lowest BCUT2D eigenvalue weighted by molar-refractivity contribution is 0.399. The van der Waals surface area contributed by atoms with Crippen molar-refractivity contribution in [3.63, 3.8) is 0 Å². The Morgan fingerprint density at radius 1 is 1.00 bits per heavy atom. The lowest BCUT2D eigenvalue weighted by atomic mass is 10.1. The Hall–Kier alpha value is -3.08. The second kappa shape index (κ2) is 4.73. The summed E-state index contributed by atoms with van der Waals surface area (Å²) >= 11 is 0. The molecule has 108 valence electrons. The monoisotopic (exact) mass is 291 g/mol. The number of benzene rings is 1. The predicted octanol–water partition coefficient (Wildman–Crippen LogP) is 3.08. The molecule has 0 radical (unpaired) electrons. The number of rotatable bonds is 2. The molecule has 3 heterocycles. The first-order valence-corrected chi connectivity index (χ1v) is 6.91. The summed E-state index contributed by atoms with van der Waals surface area (Å²) in [6, 6.07) is 15.1. The molecule has 1 aromatic carbocycles. The quantitative estimate of drug-likeness (QED) is 0.596. The van der Waals surface area contributed by atoms with Gasteiger partial charge in [-0.3, -0.25) is 4.79 Å². The third kappa shape index (κ3) is 1.95. The second-order valence-electron chi connectivity index (χ2n) is 5.07. The summed E-state index contributed by atoms with van der Waals surface area (Å²) in [4.78, 5) is 22.8. The molecule has 5 heteroatoms. The molecule has 0 aliphatic rings. The third-order valence-electron chi connectivity index (χ3n) is 3.70. The average Bonchev–Trinajstić information content (AvgIpc) is 2.96. The van der Waals surface area contributed by atoms with Gasteiger partial charge >= 0.3 is 0 Å². The Morgan fingerprint density at radius 3 is 2.73 bits per heavy atom. The fourth-order valence-electron chi connectivity index (χ4n) is 2.60. The van der Waals surface area contributed by atoms with Crippen molar-refractivity contribution in [3.8, 4) is 17.1 Å². The molecule has 0 fully saturated rings. The molecule has 5 nitrogen and oxygen atoms in total. The van der Waals surface area contributed by atoms with Crippen LogP contribution in [-0.4, -0.2) is 22.1 Å². The van der Waals surface area contributed by atoms with Crippen LogP contribution >= 0.6 is 0 Å². The van der Waals surface area contributed by atoms with E-state index in [1.54, 1.807) is 13.2 Å². The van der Waals surface area contributed by atoms with Gasteiger partial charge in [0.05, 0.1) is 29.4 Å². The van der Waals surface area contributed by atoms with Crippen LogP contribution in [0.4, 0.5) is 0 Å². The minimum Gasteiger partial charge on any atom is -0.481 e. The summed E-state index contributed by atoms with van der Waals surface area (Å²) in [6.07, 6.45) is 0. The van der Waals surface area contributed by atoms with Crippen LogP contribution < -0.4 is 10.3 Å². The van der Waals surface area contributed by atoms with Crippen molar-refractivity contribution >= 4 is 21.9 Å². The number of fused-ring (bicyclic) bond motifs is 2. The average molecular weight is 291 g/mol. The van der Waals surface area contributed by atoms with E-state index in [0.29, 0.717) is 11.4 Å². The van der Waals surface area contributed by atoms with Gasteiger partial charge in [0.25, 0.3) is 5.56 Å². The third-order valence-corrected chi connectivity index (χ3v) is 3.70. The summed E-state index contributed by atoms with van der Waals surface area (Å²) in [5.41, 5.74) is 3.66. The van der Waals surface area contributed by atoms with Crippen molar-refractivity contribution in [2.45, 2.75) is 0 Å². The van der Waals surface area contributed by atoms with Crippen LogP contribution in [0.2, 0.25) is 0 Å². The van der Waals surface area contributed by atoms with E-state index in [4.69, 9.17) is 4.74 Å². The van der Waals surface area contributed by atoms with E-state index in [2.05, 4.69) is 15.0 Å². The molecule has 0 bridgehead atoms. The number of pyridine rings is 2. The van der Waals surface area contributed by atoms with Gasteiger partial charge in [0.2, 0.25) is 5.88 Å². The van der Waals surface area contributed by atoms with Crippen LogP contribution in [-0.2, 0) is 0 Å². The van der Waals surface area contributed by atoms with Crippen LogP contribution in [0, 0.1) is 0 Å². The number of nitrogens with zero attached hydrogens (tertiary/aromatic N) is 1. The van der Waals surface area contributed by atoms with E-state index < -0.39 is 0 Å². The molecule has 0 aliphatic carbocycles. The number of methoxy groups -OCH3 is 1. The Balaban J connectivity index is 1.94. The molecular formula is C17H13N3O2. The number of hydrogen-bond acceptors (Lipinski definition) is 3. The van der Waals surface area contributed by atoms with E-state index in [-0.39, 0.29) is 5.56 Å². The highest BCUT2D eigenvalue weighted by atomic mass is 16.5. The molecule has 0 amide bonds. The van der Waals surface area contributed by atoms with Crippen LogP contribution in [0.1, 0.15) is 0 Å². The van der Waals surface area contributed by atoms with E-state index in [9.17, 15) is 4.79 Å². The SMILES string of the molecule is COc1ccc2[nH]c(-c3cc4ccccc4[nH]c3=O)cc2n1. The van der Waals surface area contributed by atoms with E-state index in [0.717, 1.165) is 27.6 Å². The van der Waals surface area contributed by atoms with Gasteiger partial charge in [-0.05, 0) is 29.7 Å². The van der Waals surface area contributed by atoms with Gasteiger partial charge in [-0.2, -0.15) is 0 Å². The molecule has 22 heavy (non-hydrogen) atoms. The van der Waals surface area contributed by atoms with E-state index >= 15 is 0 Å². The van der Waals surface area contributed by atoms with Crippen LogP contribution in [0.25, 0.3) is 33.2 Å². The van der Waals surface area contributed by atoms with Crippen LogP contribution in [0.15, 0.2) is 53.3 Å². The maximum atomic E-state index is 12.3. The van der Waals surface area contributed by atoms with Gasteiger partial charge in [0.15, 0.2) is 0 Å². The lowest BCUT2D eigenvalue weighted by Crippen LogP contribution is -2.08. The largest absolute Gasteiger partial charge is 0.481 e. The van der Waals surface area contributed by atoms with Gasteiger partial charge in [0, 0.05) is 11.6 Å². The molecule has 0 saturated heterocycles. The number of nitrogens with one attached hydrogen (secondary N) is 2. The van der Waals surface area contributed by atoms with Gasteiger partial charge in [0.1, 0.15) is 0 Å². The predicted molar refractivity (Wildman–Crippen MR) is 86.2 cm³/mol. The number of H-pyrrole nitrogens is 2. The topological polar surface area (TPSA) is 70.8 Å². The van der Waals surface area contributed by atoms with Gasteiger partial charge in [-0.15, -0.1) is 0 Å². The first-order valence-electron chi connectivity index (χ1n) is 6.91. The zero-order valence-electron chi connectivity index (χ0n) is 11.9. The number of ether oxygens (including phenoxy) is 1. The molecule has 0 saturated carbocycles. The standard InChI is InChI=1S/C17H13N3O2/c1-22-16-7-6-13-15(19-16)9-14(18-13)11-8-10-4-2-3-5-12(10)20-17(11)21/h2-9,18H,1H3,(H,20,21). The summed E-state index contributed by atoms with van der Waals surface area (Å²) < 4.78 is 5.13. The zero-order valence-corrected chi connectivity index (χ0v) is 11.9. The maximum absolute atomic E-state index is 12.3. The Bertz CT molecular complexity index is 1050. The zero-order chi connectivity index (χ0) is 15.1. The minimum atomic E-state index is -0.128. The molecule has 0 unspecified atom stereocenters. The minimum absolute atomic E-state index is 0.128. The maximum Gasteiger partial charge on any atom is 0.257 e. The number of aromatic amines is 2. The molecular weight excluding hydrogens is 278 g/mol. The molecule has 0 atom stereocenters. The first kappa shape index (κ1) is 12.6. The summed E-state index contributed by atoms with van der Waals surface area (Å²) in [6.45, 7) is 0. The fourth-order valence-corrected chi connectivity index (χ4v) is 2.60. The number of hydrogen-bond donors (Lipinski definition) is 2. The van der Waals surface area contributed by atoms with Crippen LogP contribution in [0.3, 0.4) is 0 Å². The molecule has 2 N–H and O–H groups in total. The van der Waals surface area contributed by atoms with Gasteiger partial charge < -0.3 is 14.7 Å². The molecule has 0 spiro atoms. The summed E-state index contributed by atoms with van der Waals surface area (Å²) in [5, 5.41) is 0.987. The Labute approximate surface area is 125 Å². The Morgan fingerprint density at radius 2 is 1.86 bits per heavy atom.